The van der Waals surface area contributed by atoms with Crippen molar-refractivity contribution < 1.29 is 24.9 Å². The van der Waals surface area contributed by atoms with Crippen LogP contribution in [0, 0.1) is 17.8 Å². The number of Topliss-reactive ketones (excluding diaryl/α,β-unsaturated/α-hetero) is 1. The lowest BCUT2D eigenvalue weighted by Gasteiger charge is -2.19. The first-order chi connectivity index (χ1) is 12.4. The van der Waals surface area contributed by atoms with Crippen molar-refractivity contribution in [3.8, 4) is 0 Å². The first kappa shape index (κ1) is 22.8. The van der Waals surface area contributed by atoms with Crippen LogP contribution in [-0.2, 0) is 9.59 Å². The topological polar surface area (TPSA) is 94.8 Å². The lowest BCUT2D eigenvalue weighted by molar-refractivity contribution is -0.137. The average Bonchev–Trinajstić information content (AvgIpc) is 2.86. The molecule has 3 N–H and O–H groups in total. The molecule has 0 spiro atoms. The standard InChI is InChI=1S/C21H36O5/c1-3-4-9-15(2)18(22)13-12-17-16(19(23)14-20(17)24)10-7-5-6-8-11-21(25)26/h12-13,15-18,20,22,24H,3-11,14H2,1-2H3,(H,25,26)/t15?,16-,17-,18?,20-/m1/s1. The Kier molecular flexibility index (Phi) is 10.7. The first-order valence-corrected chi connectivity index (χ1v) is 10.2. The van der Waals surface area contributed by atoms with Gasteiger partial charge in [0.2, 0.25) is 0 Å². The van der Waals surface area contributed by atoms with Crippen LogP contribution in [0.2, 0.25) is 0 Å². The zero-order valence-electron chi connectivity index (χ0n) is 16.3. The summed E-state index contributed by atoms with van der Waals surface area (Å²) in [5.74, 6) is -0.885. The number of aliphatic hydroxyl groups is 2. The minimum Gasteiger partial charge on any atom is -0.481 e. The monoisotopic (exact) mass is 368 g/mol. The van der Waals surface area contributed by atoms with Gasteiger partial charge >= 0.3 is 5.97 Å². The fourth-order valence-electron chi connectivity index (χ4n) is 3.71. The molecule has 0 amide bonds. The number of rotatable bonds is 13. The summed E-state index contributed by atoms with van der Waals surface area (Å²) in [5, 5.41) is 29.1. The smallest absolute Gasteiger partial charge is 0.303 e. The third kappa shape index (κ3) is 8.00. The minimum absolute atomic E-state index is 0.103. The van der Waals surface area contributed by atoms with E-state index in [9.17, 15) is 19.8 Å². The van der Waals surface area contributed by atoms with E-state index in [-0.39, 0.29) is 36.4 Å². The maximum absolute atomic E-state index is 12.2. The van der Waals surface area contributed by atoms with Gasteiger partial charge in [-0.15, -0.1) is 0 Å². The summed E-state index contributed by atoms with van der Waals surface area (Å²) in [6.45, 7) is 4.15. The van der Waals surface area contributed by atoms with Crippen molar-refractivity contribution in [2.75, 3.05) is 0 Å². The molecule has 1 fully saturated rings. The second kappa shape index (κ2) is 12.2. The molecule has 1 aliphatic carbocycles. The Hall–Kier alpha value is -1.20. The Morgan fingerprint density at radius 2 is 1.92 bits per heavy atom. The molecular formula is C21H36O5. The van der Waals surface area contributed by atoms with Crippen LogP contribution in [0.3, 0.4) is 0 Å². The van der Waals surface area contributed by atoms with E-state index in [0.29, 0.717) is 6.42 Å². The van der Waals surface area contributed by atoms with E-state index in [1.807, 2.05) is 13.0 Å². The Bertz CT molecular complexity index is 459. The van der Waals surface area contributed by atoms with Crippen molar-refractivity contribution in [1.29, 1.82) is 0 Å². The Labute approximate surface area is 157 Å². The molecule has 5 nitrogen and oxygen atoms in total. The van der Waals surface area contributed by atoms with E-state index in [1.165, 1.54) is 0 Å². The Morgan fingerprint density at radius 3 is 2.58 bits per heavy atom. The number of hydrogen-bond acceptors (Lipinski definition) is 4. The Morgan fingerprint density at radius 1 is 1.23 bits per heavy atom. The third-order valence-electron chi connectivity index (χ3n) is 5.52. The summed E-state index contributed by atoms with van der Waals surface area (Å²) in [5.41, 5.74) is 0. The van der Waals surface area contributed by atoms with Crippen LogP contribution >= 0.6 is 0 Å². The van der Waals surface area contributed by atoms with E-state index >= 15 is 0 Å². The van der Waals surface area contributed by atoms with Gasteiger partial charge in [-0.1, -0.05) is 58.1 Å². The predicted octanol–water partition coefficient (Wildman–Crippen LogP) is 3.72. The van der Waals surface area contributed by atoms with Gasteiger partial charge in [0.1, 0.15) is 5.78 Å². The van der Waals surface area contributed by atoms with Crippen molar-refractivity contribution in [3.05, 3.63) is 12.2 Å². The number of aliphatic carboxylic acids is 1. The molecule has 2 unspecified atom stereocenters. The van der Waals surface area contributed by atoms with Crippen molar-refractivity contribution in [2.45, 2.75) is 90.3 Å². The minimum atomic E-state index is -0.768. The Balaban J connectivity index is 2.46. The maximum Gasteiger partial charge on any atom is 0.303 e. The summed E-state index contributed by atoms with van der Waals surface area (Å²) in [6, 6.07) is 0. The molecule has 5 heteroatoms. The molecule has 0 saturated heterocycles. The number of carboxylic acid groups (broad SMARTS) is 1. The molecule has 0 bridgehead atoms. The van der Waals surface area contributed by atoms with Crippen molar-refractivity contribution in [1.82, 2.24) is 0 Å². The van der Waals surface area contributed by atoms with Gasteiger partial charge in [-0.05, 0) is 25.2 Å². The molecule has 0 aromatic carbocycles. The number of ketones is 1. The fourth-order valence-corrected chi connectivity index (χ4v) is 3.71. The van der Waals surface area contributed by atoms with E-state index in [0.717, 1.165) is 44.9 Å². The van der Waals surface area contributed by atoms with E-state index < -0.39 is 18.2 Å². The molecule has 1 rings (SSSR count). The van der Waals surface area contributed by atoms with Gasteiger partial charge in [-0.2, -0.15) is 0 Å². The SMILES string of the molecule is CCCCC(C)C(O)C=C[C@H]1[C@H](O)CC(=O)[C@@H]1CCCCCCC(=O)O. The van der Waals surface area contributed by atoms with Gasteiger partial charge in [-0.25, -0.2) is 0 Å². The van der Waals surface area contributed by atoms with Gasteiger partial charge in [0, 0.05) is 24.7 Å². The highest BCUT2D eigenvalue weighted by Crippen LogP contribution is 2.34. The third-order valence-corrected chi connectivity index (χ3v) is 5.52. The number of carboxylic acids is 1. The van der Waals surface area contributed by atoms with Gasteiger partial charge in [0.25, 0.3) is 0 Å². The first-order valence-electron chi connectivity index (χ1n) is 10.2. The molecule has 5 atom stereocenters. The number of carbonyl (C=O) groups excluding carboxylic acids is 1. The second-order valence-electron chi connectivity index (χ2n) is 7.76. The molecule has 1 saturated carbocycles. The highest BCUT2D eigenvalue weighted by Gasteiger charge is 2.39. The quantitative estimate of drug-likeness (QED) is 0.340. The molecule has 0 aromatic heterocycles. The zero-order chi connectivity index (χ0) is 19.5. The van der Waals surface area contributed by atoms with Crippen LogP contribution in [0.1, 0.15) is 78.1 Å². The van der Waals surface area contributed by atoms with Gasteiger partial charge < -0.3 is 15.3 Å². The lowest BCUT2D eigenvalue weighted by Crippen LogP contribution is -2.20. The molecule has 150 valence electrons. The number of aliphatic hydroxyl groups excluding tert-OH is 2. The molecule has 0 aliphatic heterocycles. The molecule has 26 heavy (non-hydrogen) atoms. The van der Waals surface area contributed by atoms with Crippen LogP contribution < -0.4 is 0 Å². The summed E-state index contributed by atoms with van der Waals surface area (Å²) in [6.07, 6.45) is 9.95. The van der Waals surface area contributed by atoms with Crippen molar-refractivity contribution in [2.24, 2.45) is 17.8 Å². The molecule has 0 aromatic rings. The number of unbranched alkanes of at least 4 members (excludes halogenated alkanes) is 4. The van der Waals surface area contributed by atoms with Crippen LogP contribution in [0.4, 0.5) is 0 Å². The van der Waals surface area contributed by atoms with E-state index in [1.54, 1.807) is 6.08 Å². The summed E-state index contributed by atoms with van der Waals surface area (Å²) >= 11 is 0. The number of carbonyl (C=O) groups is 2. The molecule has 0 radical (unpaired) electrons. The normalized spacial score (nSPS) is 25.7. The molecular weight excluding hydrogens is 332 g/mol. The highest BCUT2D eigenvalue weighted by atomic mass is 16.4. The van der Waals surface area contributed by atoms with E-state index in [2.05, 4.69) is 6.92 Å². The summed E-state index contributed by atoms with van der Waals surface area (Å²) < 4.78 is 0. The van der Waals surface area contributed by atoms with Gasteiger partial charge in [-0.3, -0.25) is 9.59 Å². The number of hydrogen-bond donors (Lipinski definition) is 3. The van der Waals surface area contributed by atoms with Crippen LogP contribution in [0.15, 0.2) is 12.2 Å². The van der Waals surface area contributed by atoms with E-state index in [4.69, 9.17) is 5.11 Å². The largest absolute Gasteiger partial charge is 0.481 e. The zero-order valence-corrected chi connectivity index (χ0v) is 16.3. The fraction of sp³-hybridized carbons (Fsp3) is 0.810. The summed E-state index contributed by atoms with van der Waals surface area (Å²) in [4.78, 5) is 22.7. The maximum atomic E-state index is 12.2. The van der Waals surface area contributed by atoms with Gasteiger partial charge in [0.05, 0.1) is 12.2 Å². The second-order valence-corrected chi connectivity index (χ2v) is 7.76. The average molecular weight is 369 g/mol. The van der Waals surface area contributed by atoms with Gasteiger partial charge in [0.15, 0.2) is 0 Å². The highest BCUT2D eigenvalue weighted by molar-refractivity contribution is 5.84. The molecule has 1 aliphatic rings. The van der Waals surface area contributed by atoms with Crippen LogP contribution in [0.25, 0.3) is 0 Å². The van der Waals surface area contributed by atoms with Crippen LogP contribution in [-0.4, -0.2) is 39.3 Å². The van der Waals surface area contributed by atoms with Crippen molar-refractivity contribution in [3.63, 3.8) is 0 Å². The lowest BCUT2D eigenvalue weighted by atomic mass is 9.87. The predicted molar refractivity (Wildman–Crippen MR) is 102 cm³/mol. The summed E-state index contributed by atoms with van der Waals surface area (Å²) in [7, 11) is 0. The molecule has 0 heterocycles. The van der Waals surface area contributed by atoms with Crippen LogP contribution in [0.5, 0.6) is 0 Å². The van der Waals surface area contributed by atoms with Crippen molar-refractivity contribution >= 4 is 11.8 Å².